The van der Waals surface area contributed by atoms with Gasteiger partial charge >= 0.3 is 0 Å². The van der Waals surface area contributed by atoms with Crippen molar-refractivity contribution in [3.05, 3.63) is 29.8 Å². The molecule has 9 heteroatoms. The molecule has 7 nitrogen and oxygen atoms in total. The van der Waals surface area contributed by atoms with Gasteiger partial charge in [-0.25, -0.2) is 13.1 Å². The second kappa shape index (κ2) is 7.79. The third kappa shape index (κ3) is 4.67. The summed E-state index contributed by atoms with van der Waals surface area (Å²) in [6.45, 7) is 1.53. The highest BCUT2D eigenvalue weighted by Gasteiger charge is 2.28. The maximum atomic E-state index is 12.2. The van der Waals surface area contributed by atoms with Gasteiger partial charge in [-0.3, -0.25) is 4.79 Å². The number of carbonyl (C=O) groups is 1. The van der Waals surface area contributed by atoms with Crippen LogP contribution in [0, 0.1) is 5.92 Å². The molecule has 24 heavy (non-hydrogen) atoms. The molecule has 1 aliphatic heterocycles. The monoisotopic (exact) mass is 375 g/mol. The Morgan fingerprint density at radius 3 is 2.67 bits per heavy atom. The lowest BCUT2D eigenvalue weighted by molar-refractivity contribution is 0.0927. The summed E-state index contributed by atoms with van der Waals surface area (Å²) in [7, 11) is -3.57. The fourth-order valence-corrected chi connectivity index (χ4v) is 3.90. The minimum atomic E-state index is -3.57. The highest BCUT2D eigenvalue weighted by atomic mass is 35.5. The maximum absolute atomic E-state index is 12.2. The van der Waals surface area contributed by atoms with Crippen molar-refractivity contribution in [3.8, 4) is 0 Å². The number of sulfonamides is 1. The molecule has 134 valence electrons. The van der Waals surface area contributed by atoms with Crippen LogP contribution < -0.4 is 15.4 Å². The molecule has 1 saturated carbocycles. The minimum absolute atomic E-state index is 0. The summed E-state index contributed by atoms with van der Waals surface area (Å²) >= 11 is 0. The van der Waals surface area contributed by atoms with Crippen LogP contribution in [0.15, 0.2) is 29.2 Å². The molecule has 2 atom stereocenters. The summed E-state index contributed by atoms with van der Waals surface area (Å²) in [6, 6.07) is 6.01. The van der Waals surface area contributed by atoms with Crippen molar-refractivity contribution in [3.63, 3.8) is 0 Å². The van der Waals surface area contributed by atoms with Gasteiger partial charge in [0.25, 0.3) is 5.91 Å². The van der Waals surface area contributed by atoms with Crippen LogP contribution in [0.1, 0.15) is 23.2 Å². The number of aliphatic hydroxyl groups excluding tert-OH is 1. The van der Waals surface area contributed by atoms with Gasteiger partial charge in [-0.05, 0) is 31.0 Å². The van der Waals surface area contributed by atoms with Crippen LogP contribution in [0.5, 0.6) is 0 Å². The zero-order chi connectivity index (χ0) is 16.4. The molecule has 0 radical (unpaired) electrons. The van der Waals surface area contributed by atoms with Gasteiger partial charge in [0.05, 0.1) is 11.0 Å². The quantitative estimate of drug-likeness (QED) is 0.553. The van der Waals surface area contributed by atoms with E-state index in [-0.39, 0.29) is 35.2 Å². The number of halogens is 1. The Kier molecular flexibility index (Phi) is 6.22. The number of carbonyl (C=O) groups excluding carboxylic acids is 1. The molecule has 0 spiro atoms. The van der Waals surface area contributed by atoms with Crippen LogP contribution in [-0.4, -0.2) is 51.2 Å². The predicted molar refractivity (Wildman–Crippen MR) is 91.7 cm³/mol. The molecule has 1 aromatic carbocycles. The molecule has 1 aromatic rings. The van der Waals surface area contributed by atoms with Crippen molar-refractivity contribution < 1.29 is 18.3 Å². The first-order valence-corrected chi connectivity index (χ1v) is 9.23. The summed E-state index contributed by atoms with van der Waals surface area (Å²) in [4.78, 5) is 12.3. The third-order valence-corrected chi connectivity index (χ3v) is 5.65. The molecule has 0 bridgehead atoms. The van der Waals surface area contributed by atoms with Crippen molar-refractivity contribution in [2.75, 3.05) is 19.6 Å². The summed E-state index contributed by atoms with van der Waals surface area (Å²) in [5.74, 6) is -0.366. The highest BCUT2D eigenvalue weighted by Crippen LogP contribution is 2.22. The van der Waals surface area contributed by atoms with Crippen LogP contribution in [0.4, 0.5) is 0 Å². The van der Waals surface area contributed by atoms with E-state index in [2.05, 4.69) is 15.4 Å². The molecule has 2 fully saturated rings. The number of benzene rings is 1. The first-order chi connectivity index (χ1) is 11.0. The molecule has 1 saturated heterocycles. The molecule has 1 aliphatic carbocycles. The van der Waals surface area contributed by atoms with E-state index >= 15 is 0 Å². The van der Waals surface area contributed by atoms with Gasteiger partial charge in [-0.15, -0.1) is 12.4 Å². The van der Waals surface area contributed by atoms with E-state index in [4.69, 9.17) is 0 Å². The second-order valence-corrected chi connectivity index (χ2v) is 7.83. The van der Waals surface area contributed by atoms with Crippen LogP contribution in [0.2, 0.25) is 0 Å². The Balaban J connectivity index is 0.00000208. The van der Waals surface area contributed by atoms with Crippen molar-refractivity contribution in [2.24, 2.45) is 5.92 Å². The highest BCUT2D eigenvalue weighted by molar-refractivity contribution is 7.89. The zero-order valence-corrected chi connectivity index (χ0v) is 14.7. The lowest BCUT2D eigenvalue weighted by Crippen LogP contribution is -2.34. The Morgan fingerprint density at radius 2 is 2.04 bits per heavy atom. The summed E-state index contributed by atoms with van der Waals surface area (Å²) in [6.07, 6.45) is 1.25. The first-order valence-electron chi connectivity index (χ1n) is 7.75. The fourth-order valence-electron chi connectivity index (χ4n) is 2.55. The van der Waals surface area contributed by atoms with E-state index in [1.165, 1.54) is 12.1 Å². The van der Waals surface area contributed by atoms with Gasteiger partial charge in [-0.1, -0.05) is 6.07 Å². The molecular weight excluding hydrogens is 354 g/mol. The molecule has 1 heterocycles. The number of hydrogen-bond donors (Lipinski definition) is 4. The largest absolute Gasteiger partial charge is 0.391 e. The Morgan fingerprint density at radius 1 is 1.29 bits per heavy atom. The van der Waals surface area contributed by atoms with Gasteiger partial charge in [0.2, 0.25) is 10.0 Å². The molecular formula is C15H22ClN3O4S. The van der Waals surface area contributed by atoms with Gasteiger partial charge in [0, 0.05) is 37.2 Å². The molecule has 4 N–H and O–H groups in total. The minimum Gasteiger partial charge on any atom is -0.391 e. The summed E-state index contributed by atoms with van der Waals surface area (Å²) < 4.78 is 27.0. The topological polar surface area (TPSA) is 108 Å². The SMILES string of the molecule is Cl.O=C(NCC1CNCC1O)c1cccc(S(=O)(=O)NC2CC2)c1. The Hall–Kier alpha value is -1.19. The third-order valence-electron chi connectivity index (χ3n) is 4.13. The predicted octanol–water partition coefficient (Wildman–Crippen LogP) is -0.141. The first kappa shape index (κ1) is 19.1. The van der Waals surface area contributed by atoms with E-state index in [1.54, 1.807) is 12.1 Å². The van der Waals surface area contributed by atoms with E-state index in [1.807, 2.05) is 0 Å². The number of β-amino-alcohol motifs (C(OH)–C–C–N with tert-alkyl or cyclic N) is 1. The summed E-state index contributed by atoms with van der Waals surface area (Å²) in [5.41, 5.74) is 0.295. The lowest BCUT2D eigenvalue weighted by Gasteiger charge is -2.14. The Labute approximate surface area is 147 Å². The average Bonchev–Trinajstić information content (AvgIpc) is 3.24. The maximum Gasteiger partial charge on any atom is 0.251 e. The van der Waals surface area contributed by atoms with Crippen molar-refractivity contribution in [1.29, 1.82) is 0 Å². The van der Waals surface area contributed by atoms with E-state index in [0.29, 0.717) is 25.2 Å². The smallest absolute Gasteiger partial charge is 0.251 e. The molecule has 2 aliphatic rings. The van der Waals surface area contributed by atoms with Gasteiger partial charge < -0.3 is 15.7 Å². The standard InChI is InChI=1S/C15H21N3O4S.ClH/c19-14-9-16-7-11(14)8-17-15(20)10-2-1-3-13(6-10)23(21,22)18-12-4-5-12;/h1-3,6,11-12,14,16,18-19H,4-5,7-9H2,(H,17,20);1H. The zero-order valence-electron chi connectivity index (χ0n) is 13.1. The van der Waals surface area contributed by atoms with Gasteiger partial charge in [0.15, 0.2) is 0 Å². The van der Waals surface area contributed by atoms with Crippen molar-refractivity contribution >= 4 is 28.3 Å². The van der Waals surface area contributed by atoms with Crippen LogP contribution in [0.25, 0.3) is 0 Å². The number of hydrogen-bond acceptors (Lipinski definition) is 5. The lowest BCUT2D eigenvalue weighted by atomic mass is 10.1. The van der Waals surface area contributed by atoms with E-state index in [9.17, 15) is 18.3 Å². The number of aliphatic hydroxyl groups is 1. The van der Waals surface area contributed by atoms with E-state index in [0.717, 1.165) is 12.8 Å². The normalized spacial score (nSPS) is 23.5. The van der Waals surface area contributed by atoms with Crippen LogP contribution in [0.3, 0.4) is 0 Å². The van der Waals surface area contributed by atoms with Gasteiger partial charge in [0.1, 0.15) is 0 Å². The number of rotatable bonds is 6. The Bertz CT molecular complexity index is 694. The van der Waals surface area contributed by atoms with Crippen LogP contribution in [-0.2, 0) is 10.0 Å². The molecule has 3 rings (SSSR count). The summed E-state index contributed by atoms with van der Waals surface area (Å²) in [5, 5.41) is 15.5. The molecule has 2 unspecified atom stereocenters. The van der Waals surface area contributed by atoms with Gasteiger partial charge in [-0.2, -0.15) is 0 Å². The van der Waals surface area contributed by atoms with Crippen LogP contribution >= 0.6 is 12.4 Å². The average molecular weight is 376 g/mol. The van der Waals surface area contributed by atoms with Crippen molar-refractivity contribution in [2.45, 2.75) is 29.9 Å². The molecule has 0 aromatic heterocycles. The molecule has 1 amide bonds. The second-order valence-electron chi connectivity index (χ2n) is 6.12. The number of amides is 1. The van der Waals surface area contributed by atoms with E-state index < -0.39 is 16.1 Å². The van der Waals surface area contributed by atoms with Crippen molar-refractivity contribution in [1.82, 2.24) is 15.4 Å². The fraction of sp³-hybridized carbons (Fsp3) is 0.533. The number of nitrogens with one attached hydrogen (secondary N) is 3.